The van der Waals surface area contributed by atoms with Gasteiger partial charge in [0.2, 0.25) is 0 Å². The highest BCUT2D eigenvalue weighted by molar-refractivity contribution is 6.09. The van der Waals surface area contributed by atoms with E-state index >= 15 is 0 Å². The van der Waals surface area contributed by atoms with Crippen molar-refractivity contribution in [1.82, 2.24) is 9.38 Å². The Morgan fingerprint density at radius 2 is 1.00 bits per heavy atom. The van der Waals surface area contributed by atoms with Crippen LogP contribution in [0.25, 0.3) is 60.6 Å². The molecule has 0 aliphatic carbocycles. The zero-order valence-electron chi connectivity index (χ0n) is 26.2. The van der Waals surface area contributed by atoms with E-state index in [1.54, 1.807) is 0 Å². The van der Waals surface area contributed by atoms with Gasteiger partial charge in [-0.1, -0.05) is 121 Å². The summed E-state index contributed by atoms with van der Waals surface area (Å²) in [4.78, 5) is 6.60. The van der Waals surface area contributed by atoms with Crippen LogP contribution >= 0.6 is 0 Å². The molecule has 0 saturated heterocycles. The molecule has 3 heterocycles. The second-order valence-corrected chi connectivity index (χ2v) is 12.1. The van der Waals surface area contributed by atoms with Crippen LogP contribution in [0.4, 0.5) is 17.1 Å². The molecule has 0 bridgehead atoms. The molecule has 3 aromatic heterocycles. The fourth-order valence-electron chi connectivity index (χ4n) is 6.94. The summed E-state index contributed by atoms with van der Waals surface area (Å²) in [6.07, 6.45) is 5.98. The van der Waals surface area contributed by atoms with Crippen LogP contribution in [-0.2, 0) is 0 Å². The lowest BCUT2D eigenvalue weighted by Gasteiger charge is -2.26. The minimum Gasteiger partial charge on any atom is -0.315 e. The Hall–Kier alpha value is -6.45. The standard InChI is InChI=1S/C45H31N3/c1-3-10-32(11-4-1)33-18-21-39(22-19-33)48(40-24-26-46-27-25-40)41-17-9-16-35(28-41)37-20-23-42-43(29-37)47-31-38-15-8-7-14-36(38)30-44(47)45(42)34-12-5-2-6-13-34/h1-31H. The molecular formula is C45H31N3. The zero-order valence-corrected chi connectivity index (χ0v) is 26.2. The molecule has 6 aromatic carbocycles. The third-order valence-electron chi connectivity index (χ3n) is 9.25. The van der Waals surface area contributed by atoms with Gasteiger partial charge in [-0.15, -0.1) is 0 Å². The molecule has 9 aromatic rings. The van der Waals surface area contributed by atoms with Crippen molar-refractivity contribution in [2.24, 2.45) is 0 Å². The number of rotatable bonds is 6. The monoisotopic (exact) mass is 613 g/mol. The molecule has 0 N–H and O–H groups in total. The Kier molecular flexibility index (Phi) is 6.80. The average molecular weight is 614 g/mol. The van der Waals surface area contributed by atoms with Gasteiger partial charge in [0.05, 0.1) is 11.0 Å². The lowest BCUT2D eigenvalue weighted by atomic mass is 9.99. The lowest BCUT2D eigenvalue weighted by Crippen LogP contribution is -2.10. The topological polar surface area (TPSA) is 20.5 Å². The van der Waals surface area contributed by atoms with Crippen LogP contribution in [0.2, 0.25) is 0 Å². The number of aromatic nitrogens is 2. The van der Waals surface area contributed by atoms with Crippen molar-refractivity contribution in [3.63, 3.8) is 0 Å². The minimum atomic E-state index is 1.06. The van der Waals surface area contributed by atoms with E-state index in [-0.39, 0.29) is 0 Å². The summed E-state index contributed by atoms with van der Waals surface area (Å²) in [6, 6.07) is 60.8. The largest absolute Gasteiger partial charge is 0.315 e. The number of anilines is 3. The third-order valence-corrected chi connectivity index (χ3v) is 9.25. The number of fused-ring (bicyclic) bond motifs is 4. The highest BCUT2D eigenvalue weighted by Gasteiger charge is 2.17. The first kappa shape index (κ1) is 27.8. The van der Waals surface area contributed by atoms with Crippen molar-refractivity contribution in [3.05, 3.63) is 188 Å². The van der Waals surface area contributed by atoms with Crippen molar-refractivity contribution in [2.45, 2.75) is 0 Å². The van der Waals surface area contributed by atoms with Gasteiger partial charge in [-0.05, 0) is 87.1 Å². The number of hydrogen-bond donors (Lipinski definition) is 0. The van der Waals surface area contributed by atoms with Crippen molar-refractivity contribution in [1.29, 1.82) is 0 Å². The van der Waals surface area contributed by atoms with Gasteiger partial charge in [0.15, 0.2) is 0 Å². The van der Waals surface area contributed by atoms with Gasteiger partial charge in [0, 0.05) is 46.6 Å². The molecule has 0 unspecified atom stereocenters. The summed E-state index contributed by atoms with van der Waals surface area (Å²) in [7, 11) is 0. The van der Waals surface area contributed by atoms with Crippen molar-refractivity contribution >= 4 is 44.3 Å². The van der Waals surface area contributed by atoms with E-state index in [9.17, 15) is 0 Å². The first-order chi connectivity index (χ1) is 23.8. The molecule has 0 aliphatic heterocycles. The molecule has 0 aliphatic rings. The summed E-state index contributed by atoms with van der Waals surface area (Å²) < 4.78 is 2.37. The molecule has 0 radical (unpaired) electrons. The highest BCUT2D eigenvalue weighted by Crippen LogP contribution is 2.41. The summed E-state index contributed by atoms with van der Waals surface area (Å²) in [5.41, 5.74) is 12.9. The van der Waals surface area contributed by atoms with E-state index in [2.05, 4.69) is 190 Å². The normalized spacial score (nSPS) is 11.3. The predicted octanol–water partition coefficient (Wildman–Crippen LogP) is 12.1. The van der Waals surface area contributed by atoms with Gasteiger partial charge >= 0.3 is 0 Å². The molecule has 226 valence electrons. The van der Waals surface area contributed by atoms with Crippen molar-refractivity contribution in [3.8, 4) is 33.4 Å². The van der Waals surface area contributed by atoms with Crippen molar-refractivity contribution < 1.29 is 0 Å². The minimum absolute atomic E-state index is 1.06. The summed E-state index contributed by atoms with van der Waals surface area (Å²) in [5.74, 6) is 0. The van der Waals surface area contributed by atoms with E-state index in [1.165, 1.54) is 55.0 Å². The summed E-state index contributed by atoms with van der Waals surface area (Å²) in [5, 5.41) is 3.71. The first-order valence-corrected chi connectivity index (χ1v) is 16.3. The van der Waals surface area contributed by atoms with E-state index in [4.69, 9.17) is 0 Å². The Labute approximate surface area is 279 Å². The van der Waals surface area contributed by atoms with Crippen LogP contribution in [0.3, 0.4) is 0 Å². The summed E-state index contributed by atoms with van der Waals surface area (Å²) >= 11 is 0. The highest BCUT2D eigenvalue weighted by atomic mass is 15.1. The van der Waals surface area contributed by atoms with Crippen LogP contribution in [0.1, 0.15) is 0 Å². The Morgan fingerprint density at radius 1 is 0.396 bits per heavy atom. The smallest absolute Gasteiger partial charge is 0.0547 e. The van der Waals surface area contributed by atoms with E-state index in [1.807, 2.05) is 12.4 Å². The fraction of sp³-hybridized carbons (Fsp3) is 0. The summed E-state index contributed by atoms with van der Waals surface area (Å²) in [6.45, 7) is 0. The van der Waals surface area contributed by atoms with Gasteiger partial charge in [-0.25, -0.2) is 0 Å². The fourth-order valence-corrected chi connectivity index (χ4v) is 6.94. The maximum absolute atomic E-state index is 4.30. The third kappa shape index (κ3) is 4.90. The van der Waals surface area contributed by atoms with Crippen molar-refractivity contribution in [2.75, 3.05) is 4.90 Å². The molecule has 48 heavy (non-hydrogen) atoms. The van der Waals surface area contributed by atoms with Crippen LogP contribution in [0, 0.1) is 0 Å². The van der Waals surface area contributed by atoms with E-state index < -0.39 is 0 Å². The van der Waals surface area contributed by atoms with E-state index in [0.717, 1.165) is 22.6 Å². The Morgan fingerprint density at radius 3 is 1.77 bits per heavy atom. The van der Waals surface area contributed by atoms with Gasteiger partial charge in [-0.2, -0.15) is 0 Å². The number of benzene rings is 6. The molecular weight excluding hydrogens is 583 g/mol. The molecule has 0 fully saturated rings. The average Bonchev–Trinajstić information content (AvgIpc) is 3.48. The Balaban J connectivity index is 1.18. The maximum Gasteiger partial charge on any atom is 0.0547 e. The lowest BCUT2D eigenvalue weighted by molar-refractivity contribution is 1.24. The zero-order chi connectivity index (χ0) is 31.9. The number of pyridine rings is 2. The second kappa shape index (κ2) is 11.7. The van der Waals surface area contributed by atoms with Crippen LogP contribution in [0.15, 0.2) is 188 Å². The van der Waals surface area contributed by atoms with E-state index in [0.29, 0.717) is 0 Å². The first-order valence-electron chi connectivity index (χ1n) is 16.3. The number of nitrogens with zero attached hydrogens (tertiary/aromatic N) is 3. The number of hydrogen-bond acceptors (Lipinski definition) is 2. The Bertz CT molecular complexity index is 2540. The maximum atomic E-state index is 4.30. The molecule has 0 amide bonds. The molecule has 0 atom stereocenters. The van der Waals surface area contributed by atoms with Gasteiger partial charge in [0.1, 0.15) is 0 Å². The van der Waals surface area contributed by atoms with Gasteiger partial charge in [0.25, 0.3) is 0 Å². The van der Waals surface area contributed by atoms with Gasteiger partial charge < -0.3 is 9.30 Å². The molecule has 0 spiro atoms. The molecule has 0 saturated carbocycles. The van der Waals surface area contributed by atoms with Crippen LogP contribution in [-0.4, -0.2) is 9.38 Å². The molecule has 9 rings (SSSR count). The quantitative estimate of drug-likeness (QED) is 0.186. The molecule has 3 heteroatoms. The second-order valence-electron chi connectivity index (χ2n) is 12.1. The van der Waals surface area contributed by atoms with Crippen LogP contribution in [0.5, 0.6) is 0 Å². The SMILES string of the molecule is c1ccc(-c2ccc(N(c3ccncc3)c3cccc(-c4ccc5c(-c6ccccc6)c6cc7ccccc7cn6c5c4)c3)cc2)cc1. The molecule has 3 nitrogen and oxygen atoms in total. The predicted molar refractivity (Wildman–Crippen MR) is 201 cm³/mol. The van der Waals surface area contributed by atoms with Gasteiger partial charge in [-0.3, -0.25) is 4.98 Å². The van der Waals surface area contributed by atoms with Crippen LogP contribution < -0.4 is 4.90 Å².